The molecular weight excluding hydrogens is 186 g/mol. The van der Waals surface area contributed by atoms with Crippen LogP contribution >= 0.6 is 0 Å². The van der Waals surface area contributed by atoms with Crippen molar-refractivity contribution in [2.24, 2.45) is 0 Å². The number of hydrogen-bond acceptors (Lipinski definition) is 3. The van der Waals surface area contributed by atoms with Crippen LogP contribution in [0.25, 0.3) is 0 Å². The van der Waals surface area contributed by atoms with Gasteiger partial charge in [-0.3, -0.25) is 0 Å². The van der Waals surface area contributed by atoms with Gasteiger partial charge in [0.1, 0.15) is 0 Å². The Kier molecular flexibility index (Phi) is 2.49. The topological polar surface area (TPSA) is 98.4 Å². The highest BCUT2D eigenvalue weighted by molar-refractivity contribution is 5.94. The first-order valence-corrected chi connectivity index (χ1v) is 3.56. The standard InChI is InChI=1S/C9H5NO4/c10-4-5-1-6(8(11)12)3-7(2-5)9(13)14/h1-3H,(H,11,12)(H,13,14). The van der Waals surface area contributed by atoms with E-state index in [2.05, 4.69) is 0 Å². The van der Waals surface area contributed by atoms with Crippen LogP contribution in [0.5, 0.6) is 0 Å². The molecule has 0 saturated heterocycles. The van der Waals surface area contributed by atoms with Crippen molar-refractivity contribution in [2.45, 2.75) is 0 Å². The van der Waals surface area contributed by atoms with Crippen molar-refractivity contribution in [2.75, 3.05) is 0 Å². The Morgan fingerprint density at radius 3 is 1.79 bits per heavy atom. The first-order chi connectivity index (χ1) is 6.54. The predicted molar refractivity (Wildman–Crippen MR) is 45.1 cm³/mol. The number of carboxylic acids is 2. The van der Waals surface area contributed by atoms with E-state index in [1.165, 1.54) is 0 Å². The minimum atomic E-state index is -1.26. The molecule has 0 spiro atoms. The summed E-state index contributed by atoms with van der Waals surface area (Å²) in [4.78, 5) is 21.1. The number of aromatic carboxylic acids is 2. The van der Waals surface area contributed by atoms with Crippen molar-refractivity contribution < 1.29 is 19.8 Å². The van der Waals surface area contributed by atoms with Gasteiger partial charge in [-0.25, -0.2) is 9.59 Å². The maximum absolute atomic E-state index is 10.5. The molecule has 1 aromatic carbocycles. The molecule has 0 unspecified atom stereocenters. The van der Waals surface area contributed by atoms with E-state index in [9.17, 15) is 9.59 Å². The predicted octanol–water partition coefficient (Wildman–Crippen LogP) is 0.955. The van der Waals surface area contributed by atoms with Gasteiger partial charge < -0.3 is 10.2 Å². The molecular formula is C9H5NO4. The lowest BCUT2D eigenvalue weighted by molar-refractivity contribution is 0.0696. The SMILES string of the molecule is N#Cc1cc(C(=O)O)cc(C(=O)O)c1. The third-order valence-electron chi connectivity index (χ3n) is 1.56. The fourth-order valence-corrected chi connectivity index (χ4v) is 0.939. The van der Waals surface area contributed by atoms with Crippen molar-refractivity contribution in [1.82, 2.24) is 0 Å². The van der Waals surface area contributed by atoms with Crippen LogP contribution in [0.15, 0.2) is 18.2 Å². The van der Waals surface area contributed by atoms with Crippen molar-refractivity contribution >= 4 is 11.9 Å². The molecule has 0 aliphatic heterocycles. The van der Waals surface area contributed by atoms with Crippen LogP contribution < -0.4 is 0 Å². The maximum atomic E-state index is 10.5. The number of nitrogens with zero attached hydrogens (tertiary/aromatic N) is 1. The van der Waals surface area contributed by atoms with Crippen LogP contribution in [-0.4, -0.2) is 22.2 Å². The summed E-state index contributed by atoms with van der Waals surface area (Å²) in [5.41, 5.74) is -0.398. The highest BCUT2D eigenvalue weighted by atomic mass is 16.4. The first-order valence-electron chi connectivity index (χ1n) is 3.56. The van der Waals surface area contributed by atoms with E-state index >= 15 is 0 Å². The average Bonchev–Trinajstić information content (AvgIpc) is 2.16. The van der Waals surface area contributed by atoms with Gasteiger partial charge in [0.15, 0.2) is 0 Å². The van der Waals surface area contributed by atoms with Gasteiger partial charge in [0.2, 0.25) is 0 Å². The summed E-state index contributed by atoms with van der Waals surface area (Å²) in [6.07, 6.45) is 0. The van der Waals surface area contributed by atoms with Crippen molar-refractivity contribution in [3.63, 3.8) is 0 Å². The van der Waals surface area contributed by atoms with Crippen molar-refractivity contribution in [3.8, 4) is 6.07 Å². The van der Waals surface area contributed by atoms with Gasteiger partial charge in [0.25, 0.3) is 0 Å². The zero-order chi connectivity index (χ0) is 10.7. The highest BCUT2D eigenvalue weighted by Gasteiger charge is 2.10. The fraction of sp³-hybridized carbons (Fsp3) is 0. The van der Waals surface area contributed by atoms with E-state index in [0.717, 1.165) is 18.2 Å². The van der Waals surface area contributed by atoms with E-state index in [-0.39, 0.29) is 16.7 Å². The Balaban J connectivity index is 3.36. The molecule has 0 aliphatic carbocycles. The van der Waals surface area contributed by atoms with E-state index in [0.29, 0.717) is 0 Å². The minimum Gasteiger partial charge on any atom is -0.478 e. The van der Waals surface area contributed by atoms with Crippen LogP contribution in [-0.2, 0) is 0 Å². The second-order valence-corrected chi connectivity index (χ2v) is 2.52. The minimum absolute atomic E-state index is 0.0160. The van der Waals surface area contributed by atoms with E-state index in [1.54, 1.807) is 6.07 Å². The molecule has 0 aromatic heterocycles. The number of carboxylic acid groups (broad SMARTS) is 2. The van der Waals surface area contributed by atoms with Gasteiger partial charge >= 0.3 is 11.9 Å². The molecule has 0 bridgehead atoms. The maximum Gasteiger partial charge on any atom is 0.335 e. The van der Waals surface area contributed by atoms with Crippen LogP contribution in [0.4, 0.5) is 0 Å². The zero-order valence-corrected chi connectivity index (χ0v) is 6.89. The van der Waals surface area contributed by atoms with Crippen LogP contribution in [0.1, 0.15) is 26.3 Å². The Morgan fingerprint density at radius 1 is 1.07 bits per heavy atom. The van der Waals surface area contributed by atoms with Crippen LogP contribution in [0, 0.1) is 11.3 Å². The molecule has 2 N–H and O–H groups in total. The van der Waals surface area contributed by atoms with E-state index in [4.69, 9.17) is 15.5 Å². The molecule has 70 valence electrons. The van der Waals surface area contributed by atoms with Gasteiger partial charge in [-0.2, -0.15) is 5.26 Å². The van der Waals surface area contributed by atoms with E-state index < -0.39 is 11.9 Å². The normalized spacial score (nSPS) is 9.07. The van der Waals surface area contributed by atoms with Crippen LogP contribution in [0.2, 0.25) is 0 Å². The molecule has 5 nitrogen and oxygen atoms in total. The number of carbonyl (C=O) groups is 2. The number of benzene rings is 1. The third kappa shape index (κ3) is 1.87. The quantitative estimate of drug-likeness (QED) is 0.725. The second kappa shape index (κ2) is 3.58. The number of rotatable bonds is 2. The zero-order valence-electron chi connectivity index (χ0n) is 6.89. The average molecular weight is 191 g/mol. The molecule has 14 heavy (non-hydrogen) atoms. The Hall–Kier alpha value is -2.35. The summed E-state index contributed by atoms with van der Waals surface area (Å²) in [6.45, 7) is 0. The molecule has 0 saturated carbocycles. The molecule has 0 heterocycles. The highest BCUT2D eigenvalue weighted by Crippen LogP contribution is 2.09. The van der Waals surface area contributed by atoms with Crippen LogP contribution in [0.3, 0.4) is 0 Å². The largest absolute Gasteiger partial charge is 0.478 e. The first kappa shape index (κ1) is 9.74. The van der Waals surface area contributed by atoms with E-state index in [1.807, 2.05) is 0 Å². The number of nitriles is 1. The lowest BCUT2D eigenvalue weighted by Gasteiger charge is -1.98. The molecule has 0 atom stereocenters. The molecule has 0 fully saturated rings. The molecule has 0 amide bonds. The summed E-state index contributed by atoms with van der Waals surface area (Å²) in [5, 5.41) is 25.7. The molecule has 0 radical (unpaired) electrons. The van der Waals surface area contributed by atoms with Gasteiger partial charge in [-0.05, 0) is 18.2 Å². The lowest BCUT2D eigenvalue weighted by Crippen LogP contribution is -2.03. The monoisotopic (exact) mass is 191 g/mol. The summed E-state index contributed by atoms with van der Waals surface area (Å²) in [7, 11) is 0. The second-order valence-electron chi connectivity index (χ2n) is 2.52. The summed E-state index contributed by atoms with van der Waals surface area (Å²) in [6, 6.07) is 4.94. The fourth-order valence-electron chi connectivity index (χ4n) is 0.939. The molecule has 5 heteroatoms. The van der Waals surface area contributed by atoms with Gasteiger partial charge in [0.05, 0.1) is 22.8 Å². The van der Waals surface area contributed by atoms with Gasteiger partial charge in [-0.15, -0.1) is 0 Å². The Labute approximate surface area is 78.8 Å². The van der Waals surface area contributed by atoms with Gasteiger partial charge in [-0.1, -0.05) is 0 Å². The Morgan fingerprint density at radius 2 is 1.50 bits per heavy atom. The summed E-state index contributed by atoms with van der Waals surface area (Å²) >= 11 is 0. The molecule has 0 aliphatic rings. The molecule has 1 aromatic rings. The third-order valence-corrected chi connectivity index (χ3v) is 1.56. The summed E-state index contributed by atoms with van der Waals surface area (Å²) < 4.78 is 0. The lowest BCUT2D eigenvalue weighted by atomic mass is 10.1. The summed E-state index contributed by atoms with van der Waals surface area (Å²) in [5.74, 6) is -2.52. The smallest absolute Gasteiger partial charge is 0.335 e. The number of hydrogen-bond donors (Lipinski definition) is 2. The van der Waals surface area contributed by atoms with Crippen molar-refractivity contribution in [3.05, 3.63) is 34.9 Å². The Bertz CT molecular complexity index is 412. The molecule has 1 rings (SSSR count). The van der Waals surface area contributed by atoms with Crippen molar-refractivity contribution in [1.29, 1.82) is 5.26 Å². The van der Waals surface area contributed by atoms with Gasteiger partial charge in [0, 0.05) is 0 Å².